The molecule has 0 saturated carbocycles. The lowest BCUT2D eigenvalue weighted by Crippen LogP contribution is -2.24. The van der Waals surface area contributed by atoms with Crippen molar-refractivity contribution in [2.75, 3.05) is 6.54 Å². The van der Waals surface area contributed by atoms with Crippen LogP contribution < -0.4 is 0 Å². The van der Waals surface area contributed by atoms with E-state index in [2.05, 4.69) is 25.5 Å². The van der Waals surface area contributed by atoms with Crippen LogP contribution in [0.1, 0.15) is 17.5 Å². The van der Waals surface area contributed by atoms with E-state index in [4.69, 9.17) is 4.42 Å². The number of aryl methyl sites for hydroxylation is 1. The Morgan fingerprint density at radius 1 is 1.09 bits per heavy atom. The fourth-order valence-electron chi connectivity index (χ4n) is 2.50. The summed E-state index contributed by atoms with van der Waals surface area (Å²) in [6, 6.07) is 6.12. The Hall–Kier alpha value is -2.40. The number of rotatable bonds is 8. The lowest BCUT2D eigenvalue weighted by Gasteiger charge is -2.21. The van der Waals surface area contributed by atoms with Crippen LogP contribution in [0, 0.1) is 0 Å². The third kappa shape index (κ3) is 4.30. The summed E-state index contributed by atoms with van der Waals surface area (Å²) in [5.41, 5.74) is 2.43. The topological polar surface area (TPSA) is 47.1 Å². The number of furan rings is 1. The van der Waals surface area contributed by atoms with Crippen molar-refractivity contribution in [1.29, 1.82) is 0 Å². The highest BCUT2D eigenvalue weighted by Crippen LogP contribution is 2.10. The molecule has 22 heavy (non-hydrogen) atoms. The second kappa shape index (κ2) is 7.56. The van der Waals surface area contributed by atoms with Crippen LogP contribution in [0.5, 0.6) is 0 Å². The Balaban J connectivity index is 1.58. The van der Waals surface area contributed by atoms with Gasteiger partial charge >= 0.3 is 0 Å². The van der Waals surface area contributed by atoms with Gasteiger partial charge in [0.1, 0.15) is 0 Å². The zero-order valence-electron chi connectivity index (χ0n) is 12.5. The van der Waals surface area contributed by atoms with E-state index < -0.39 is 0 Å². The minimum Gasteiger partial charge on any atom is -0.472 e. The van der Waals surface area contributed by atoms with Crippen LogP contribution in [0.15, 0.2) is 66.3 Å². The molecule has 3 rings (SSSR count). The highest BCUT2D eigenvalue weighted by atomic mass is 16.3. The predicted molar refractivity (Wildman–Crippen MR) is 83.9 cm³/mol. The average Bonchev–Trinajstić information content (AvgIpc) is 3.22. The number of nitrogens with zero attached hydrogens (tertiary/aromatic N) is 4. The molecule has 0 aromatic carbocycles. The van der Waals surface area contributed by atoms with Crippen LogP contribution in [-0.2, 0) is 19.6 Å². The first kappa shape index (κ1) is 14.5. The van der Waals surface area contributed by atoms with E-state index >= 15 is 0 Å². The summed E-state index contributed by atoms with van der Waals surface area (Å²) in [4.78, 5) is 10.7. The van der Waals surface area contributed by atoms with E-state index in [9.17, 15) is 0 Å². The third-order valence-corrected chi connectivity index (χ3v) is 3.57. The molecule has 0 unspecified atom stereocenters. The van der Waals surface area contributed by atoms with Crippen LogP contribution in [0.2, 0.25) is 0 Å². The maximum Gasteiger partial charge on any atom is 0.0947 e. The zero-order valence-corrected chi connectivity index (χ0v) is 12.5. The summed E-state index contributed by atoms with van der Waals surface area (Å²) in [7, 11) is 0. The van der Waals surface area contributed by atoms with Gasteiger partial charge in [-0.2, -0.15) is 0 Å². The summed E-state index contributed by atoms with van der Waals surface area (Å²) in [6.45, 7) is 3.77. The van der Waals surface area contributed by atoms with Crippen LogP contribution in [0.3, 0.4) is 0 Å². The van der Waals surface area contributed by atoms with Gasteiger partial charge in [0.25, 0.3) is 0 Å². The van der Waals surface area contributed by atoms with E-state index in [1.807, 2.05) is 49.5 Å². The van der Waals surface area contributed by atoms with Gasteiger partial charge in [0.2, 0.25) is 0 Å². The lowest BCUT2D eigenvalue weighted by atomic mass is 10.2. The maximum absolute atomic E-state index is 5.18. The molecule has 0 radical (unpaired) electrons. The van der Waals surface area contributed by atoms with Gasteiger partial charge in [-0.15, -0.1) is 0 Å². The molecule has 0 N–H and O–H groups in total. The van der Waals surface area contributed by atoms with Crippen molar-refractivity contribution < 1.29 is 4.42 Å². The van der Waals surface area contributed by atoms with E-state index in [1.165, 1.54) is 11.1 Å². The SMILES string of the molecule is c1cncc(CN(CCCn2ccnc2)Cc2ccoc2)c1. The smallest absolute Gasteiger partial charge is 0.0947 e. The minimum absolute atomic E-state index is 0.884. The Morgan fingerprint density at radius 2 is 2.05 bits per heavy atom. The van der Waals surface area contributed by atoms with Crippen LogP contribution in [-0.4, -0.2) is 26.0 Å². The molecule has 0 saturated heterocycles. The number of imidazole rings is 1. The van der Waals surface area contributed by atoms with Gasteiger partial charge in [-0.05, 0) is 24.1 Å². The molecular weight excluding hydrogens is 276 g/mol. The van der Waals surface area contributed by atoms with Crippen molar-refractivity contribution >= 4 is 0 Å². The highest BCUT2D eigenvalue weighted by Gasteiger charge is 2.08. The Morgan fingerprint density at radius 3 is 2.77 bits per heavy atom. The van der Waals surface area contributed by atoms with Crippen molar-refractivity contribution in [2.45, 2.75) is 26.1 Å². The van der Waals surface area contributed by atoms with Crippen molar-refractivity contribution in [2.24, 2.45) is 0 Å². The Bertz CT molecular complexity index is 635. The van der Waals surface area contributed by atoms with Gasteiger partial charge in [0.15, 0.2) is 0 Å². The summed E-state index contributed by atoms with van der Waals surface area (Å²) in [6.07, 6.45) is 14.0. The first-order valence-corrected chi connectivity index (χ1v) is 7.48. The van der Waals surface area contributed by atoms with Crippen molar-refractivity contribution in [3.63, 3.8) is 0 Å². The zero-order chi connectivity index (χ0) is 15.0. The van der Waals surface area contributed by atoms with Crippen molar-refractivity contribution in [1.82, 2.24) is 19.4 Å². The Kier molecular flexibility index (Phi) is 5.00. The number of hydrogen-bond acceptors (Lipinski definition) is 4. The van der Waals surface area contributed by atoms with Crippen LogP contribution in [0.4, 0.5) is 0 Å². The minimum atomic E-state index is 0.884. The molecule has 3 aromatic heterocycles. The molecule has 0 aliphatic carbocycles. The molecule has 3 heterocycles. The summed E-state index contributed by atoms with van der Waals surface area (Å²) in [5, 5.41) is 0. The predicted octanol–water partition coefficient (Wildman–Crippen LogP) is 2.96. The van der Waals surface area contributed by atoms with Crippen LogP contribution in [0.25, 0.3) is 0 Å². The standard InChI is InChI=1S/C17H20N4O/c1-3-16(11-18-5-1)12-21(13-17-4-10-22-14-17)8-2-7-20-9-6-19-15-20/h1,3-6,9-11,14-15H,2,7-8,12-13H2. The molecule has 0 spiro atoms. The largest absolute Gasteiger partial charge is 0.472 e. The van der Waals surface area contributed by atoms with Crippen LogP contribution >= 0.6 is 0 Å². The van der Waals surface area contributed by atoms with E-state index in [0.29, 0.717) is 0 Å². The molecule has 114 valence electrons. The maximum atomic E-state index is 5.18. The van der Waals surface area contributed by atoms with E-state index in [0.717, 1.165) is 32.6 Å². The summed E-state index contributed by atoms with van der Waals surface area (Å²) < 4.78 is 7.29. The van der Waals surface area contributed by atoms with Crippen molar-refractivity contribution in [3.8, 4) is 0 Å². The molecule has 0 aliphatic rings. The number of aromatic nitrogens is 3. The fraction of sp³-hybridized carbons (Fsp3) is 0.294. The molecular formula is C17H20N4O. The van der Waals surface area contributed by atoms with E-state index in [1.54, 1.807) is 6.26 Å². The second-order valence-electron chi connectivity index (χ2n) is 5.36. The molecule has 0 amide bonds. The van der Waals surface area contributed by atoms with Crippen molar-refractivity contribution in [3.05, 3.63) is 73.0 Å². The first-order chi connectivity index (χ1) is 10.9. The molecule has 0 atom stereocenters. The lowest BCUT2D eigenvalue weighted by molar-refractivity contribution is 0.247. The van der Waals surface area contributed by atoms with Gasteiger partial charge < -0.3 is 8.98 Å². The molecule has 0 aliphatic heterocycles. The first-order valence-electron chi connectivity index (χ1n) is 7.48. The summed E-state index contributed by atoms with van der Waals surface area (Å²) in [5.74, 6) is 0. The second-order valence-corrected chi connectivity index (χ2v) is 5.36. The summed E-state index contributed by atoms with van der Waals surface area (Å²) >= 11 is 0. The number of hydrogen-bond donors (Lipinski definition) is 0. The Labute approximate surface area is 130 Å². The highest BCUT2D eigenvalue weighted by molar-refractivity contribution is 5.10. The third-order valence-electron chi connectivity index (χ3n) is 3.57. The molecule has 0 bridgehead atoms. The van der Waals surface area contributed by atoms with Gasteiger partial charge in [-0.1, -0.05) is 6.07 Å². The molecule has 5 nitrogen and oxygen atoms in total. The average molecular weight is 296 g/mol. The fourth-order valence-corrected chi connectivity index (χ4v) is 2.50. The van der Waals surface area contributed by atoms with Gasteiger partial charge in [0.05, 0.1) is 18.9 Å². The van der Waals surface area contributed by atoms with E-state index in [-0.39, 0.29) is 0 Å². The molecule has 0 fully saturated rings. The quantitative estimate of drug-likeness (QED) is 0.641. The van der Waals surface area contributed by atoms with Gasteiger partial charge in [-0.3, -0.25) is 9.88 Å². The van der Waals surface area contributed by atoms with Gasteiger partial charge in [-0.25, -0.2) is 4.98 Å². The monoisotopic (exact) mass is 296 g/mol. The van der Waals surface area contributed by atoms with Gasteiger partial charge in [0, 0.05) is 56.5 Å². The normalized spacial score (nSPS) is 11.1. The number of pyridine rings is 1. The molecule has 5 heteroatoms. The molecule has 3 aromatic rings.